The van der Waals surface area contributed by atoms with Crippen molar-refractivity contribution in [2.45, 2.75) is 20.3 Å². The molecule has 1 aliphatic heterocycles. The van der Waals surface area contributed by atoms with E-state index in [4.69, 9.17) is 5.73 Å². The zero-order valence-corrected chi connectivity index (χ0v) is 8.95. The number of likely N-dealkylation sites (tertiary alicyclic amines) is 1. The highest BCUT2D eigenvalue weighted by molar-refractivity contribution is 5.89. The fraction of sp³-hybridized carbons (Fsp3) is 0.600. The van der Waals surface area contributed by atoms with Gasteiger partial charge in [0.1, 0.15) is 0 Å². The molecule has 78 valence electrons. The van der Waals surface area contributed by atoms with E-state index in [9.17, 15) is 4.79 Å². The Balaban J connectivity index is 2.85. The maximum atomic E-state index is 11.6. The Hall–Kier alpha value is -1.32. The first kappa shape index (κ1) is 10.8. The van der Waals surface area contributed by atoms with Crippen LogP contribution in [0.3, 0.4) is 0 Å². The molecule has 0 aliphatic carbocycles. The van der Waals surface area contributed by atoms with E-state index in [-0.39, 0.29) is 11.3 Å². The average Bonchev–Trinajstić information content (AvgIpc) is 2.35. The highest BCUT2D eigenvalue weighted by Gasteiger charge is 2.36. The lowest BCUT2D eigenvalue weighted by Gasteiger charge is -2.19. The third-order valence-electron chi connectivity index (χ3n) is 2.26. The van der Waals surface area contributed by atoms with Crippen molar-refractivity contribution >= 4 is 12.1 Å². The lowest BCUT2D eigenvalue weighted by molar-refractivity contribution is -0.125. The van der Waals surface area contributed by atoms with Gasteiger partial charge in [0.2, 0.25) is 5.91 Å². The van der Waals surface area contributed by atoms with E-state index in [0.29, 0.717) is 18.7 Å². The number of nitrogens with zero attached hydrogens (tertiary/aromatic N) is 2. The van der Waals surface area contributed by atoms with Crippen LogP contribution >= 0.6 is 0 Å². The van der Waals surface area contributed by atoms with E-state index in [1.54, 1.807) is 18.2 Å². The molecule has 0 aromatic rings. The highest BCUT2D eigenvalue weighted by atomic mass is 16.2. The van der Waals surface area contributed by atoms with Gasteiger partial charge < -0.3 is 10.6 Å². The van der Waals surface area contributed by atoms with Crippen molar-refractivity contribution in [2.24, 2.45) is 16.1 Å². The number of carbonyl (C=O) groups excluding carboxylic acids is 1. The largest absolute Gasteiger partial charge is 0.403 e. The number of rotatable bonds is 2. The molecule has 0 saturated carbocycles. The van der Waals surface area contributed by atoms with E-state index in [0.717, 1.165) is 0 Å². The summed E-state index contributed by atoms with van der Waals surface area (Å²) < 4.78 is 0. The molecule has 0 atom stereocenters. The molecule has 4 nitrogen and oxygen atoms in total. The van der Waals surface area contributed by atoms with Crippen LogP contribution < -0.4 is 5.73 Å². The molecular formula is C10H17N3O. The van der Waals surface area contributed by atoms with Crippen LogP contribution in [0.5, 0.6) is 0 Å². The van der Waals surface area contributed by atoms with Crippen LogP contribution in [0.25, 0.3) is 0 Å². The highest BCUT2D eigenvalue weighted by Crippen LogP contribution is 2.31. The quantitative estimate of drug-likeness (QED) is 0.661. The molecule has 0 spiro atoms. The molecule has 1 heterocycles. The molecule has 0 bridgehead atoms. The van der Waals surface area contributed by atoms with Gasteiger partial charge in [-0.1, -0.05) is 13.8 Å². The molecule has 2 N–H and O–H groups in total. The van der Waals surface area contributed by atoms with Crippen LogP contribution in [-0.2, 0) is 4.79 Å². The Morgan fingerprint density at radius 1 is 1.64 bits per heavy atom. The Morgan fingerprint density at radius 3 is 2.64 bits per heavy atom. The van der Waals surface area contributed by atoms with Crippen molar-refractivity contribution < 1.29 is 4.79 Å². The summed E-state index contributed by atoms with van der Waals surface area (Å²) in [4.78, 5) is 17.2. The SMILES string of the molecule is CN=CC(=CN)N1CC(C)(C)CC1=O. The number of hydrogen-bond donors (Lipinski definition) is 1. The molecule has 14 heavy (non-hydrogen) atoms. The van der Waals surface area contributed by atoms with Crippen LogP contribution in [-0.4, -0.2) is 30.6 Å². The molecule has 1 amide bonds. The first-order valence-electron chi connectivity index (χ1n) is 4.64. The fourth-order valence-electron chi connectivity index (χ4n) is 1.65. The van der Waals surface area contributed by atoms with E-state index in [2.05, 4.69) is 18.8 Å². The maximum Gasteiger partial charge on any atom is 0.227 e. The summed E-state index contributed by atoms with van der Waals surface area (Å²) in [6.07, 6.45) is 3.60. The van der Waals surface area contributed by atoms with Crippen molar-refractivity contribution in [3.8, 4) is 0 Å². The van der Waals surface area contributed by atoms with E-state index in [1.165, 1.54) is 6.20 Å². The van der Waals surface area contributed by atoms with Crippen LogP contribution in [0.15, 0.2) is 16.9 Å². The molecule has 0 unspecified atom stereocenters. The van der Waals surface area contributed by atoms with E-state index >= 15 is 0 Å². The molecule has 0 aromatic heterocycles. The number of amides is 1. The van der Waals surface area contributed by atoms with Crippen molar-refractivity contribution in [3.05, 3.63) is 11.9 Å². The summed E-state index contributed by atoms with van der Waals surface area (Å²) in [6.45, 7) is 4.85. The second-order valence-corrected chi connectivity index (χ2v) is 4.30. The Bertz CT molecular complexity index is 292. The van der Waals surface area contributed by atoms with Gasteiger partial charge in [0.15, 0.2) is 0 Å². The number of allylic oxidation sites excluding steroid dienone is 1. The van der Waals surface area contributed by atoms with Gasteiger partial charge in [-0.25, -0.2) is 0 Å². The third kappa shape index (κ3) is 2.13. The molecule has 1 rings (SSSR count). The Kier molecular flexibility index (Phi) is 2.93. The molecule has 1 fully saturated rings. The second-order valence-electron chi connectivity index (χ2n) is 4.30. The fourth-order valence-corrected chi connectivity index (χ4v) is 1.65. The van der Waals surface area contributed by atoms with Gasteiger partial charge in [0.05, 0.1) is 5.70 Å². The Morgan fingerprint density at radius 2 is 2.29 bits per heavy atom. The van der Waals surface area contributed by atoms with Gasteiger partial charge in [-0.3, -0.25) is 9.79 Å². The standard InChI is InChI=1S/C10H17N3O/c1-10(2)4-9(14)13(7-10)8(5-11)6-12-3/h5-6H,4,7,11H2,1-3H3. The number of hydrogen-bond acceptors (Lipinski definition) is 3. The topological polar surface area (TPSA) is 58.7 Å². The van der Waals surface area contributed by atoms with E-state index < -0.39 is 0 Å². The van der Waals surface area contributed by atoms with Crippen molar-refractivity contribution in [3.63, 3.8) is 0 Å². The average molecular weight is 195 g/mol. The lowest BCUT2D eigenvalue weighted by atomic mass is 9.93. The van der Waals surface area contributed by atoms with Gasteiger partial charge >= 0.3 is 0 Å². The van der Waals surface area contributed by atoms with Crippen LogP contribution in [0.2, 0.25) is 0 Å². The summed E-state index contributed by atoms with van der Waals surface area (Å²) in [5.41, 5.74) is 6.16. The molecule has 4 heteroatoms. The molecular weight excluding hydrogens is 178 g/mol. The maximum absolute atomic E-state index is 11.6. The van der Waals surface area contributed by atoms with Crippen LogP contribution in [0.1, 0.15) is 20.3 Å². The number of carbonyl (C=O) groups is 1. The zero-order valence-electron chi connectivity index (χ0n) is 8.95. The predicted molar refractivity (Wildman–Crippen MR) is 56.8 cm³/mol. The minimum absolute atomic E-state index is 0.0346. The van der Waals surface area contributed by atoms with Gasteiger partial charge in [0, 0.05) is 32.4 Å². The van der Waals surface area contributed by atoms with Gasteiger partial charge in [0.25, 0.3) is 0 Å². The molecule has 0 radical (unpaired) electrons. The normalized spacial score (nSPS) is 22.4. The van der Waals surface area contributed by atoms with Gasteiger partial charge in [-0.15, -0.1) is 0 Å². The summed E-state index contributed by atoms with van der Waals surface area (Å²) >= 11 is 0. The predicted octanol–water partition coefficient (Wildman–Crippen LogP) is 0.746. The Labute approximate surface area is 84.5 Å². The summed E-state index contributed by atoms with van der Waals surface area (Å²) in [6, 6.07) is 0. The second kappa shape index (κ2) is 3.82. The summed E-state index contributed by atoms with van der Waals surface area (Å²) in [5, 5.41) is 0. The molecule has 0 aromatic carbocycles. The zero-order chi connectivity index (χ0) is 10.8. The van der Waals surface area contributed by atoms with Gasteiger partial charge in [-0.2, -0.15) is 0 Å². The van der Waals surface area contributed by atoms with Crippen LogP contribution in [0.4, 0.5) is 0 Å². The smallest absolute Gasteiger partial charge is 0.227 e. The van der Waals surface area contributed by atoms with Crippen molar-refractivity contribution in [2.75, 3.05) is 13.6 Å². The number of aliphatic imine (C=N–C) groups is 1. The van der Waals surface area contributed by atoms with E-state index in [1.807, 2.05) is 0 Å². The first-order chi connectivity index (χ1) is 6.50. The summed E-state index contributed by atoms with van der Waals surface area (Å²) in [7, 11) is 1.66. The van der Waals surface area contributed by atoms with Gasteiger partial charge in [-0.05, 0) is 5.41 Å². The minimum atomic E-state index is 0.0346. The third-order valence-corrected chi connectivity index (χ3v) is 2.26. The summed E-state index contributed by atoms with van der Waals surface area (Å²) in [5.74, 6) is 0.117. The van der Waals surface area contributed by atoms with Crippen molar-refractivity contribution in [1.29, 1.82) is 0 Å². The first-order valence-corrected chi connectivity index (χ1v) is 4.64. The van der Waals surface area contributed by atoms with Crippen molar-refractivity contribution in [1.82, 2.24) is 4.90 Å². The lowest BCUT2D eigenvalue weighted by Crippen LogP contribution is -2.27. The number of nitrogens with two attached hydrogens (primary N) is 1. The molecule has 1 saturated heterocycles. The minimum Gasteiger partial charge on any atom is -0.403 e. The monoisotopic (exact) mass is 195 g/mol. The molecule has 1 aliphatic rings. The van der Waals surface area contributed by atoms with Crippen LogP contribution in [0, 0.1) is 5.41 Å².